The van der Waals surface area contributed by atoms with Crippen LogP contribution in [0.4, 0.5) is 0 Å². The van der Waals surface area contributed by atoms with Crippen molar-refractivity contribution >= 4 is 17.4 Å². The number of hydrogen-bond acceptors (Lipinski definition) is 7. The van der Waals surface area contributed by atoms with Gasteiger partial charge in [-0.15, -0.1) is 0 Å². The van der Waals surface area contributed by atoms with Gasteiger partial charge in [0.15, 0.2) is 23.0 Å². The van der Waals surface area contributed by atoms with Gasteiger partial charge in [0.2, 0.25) is 5.78 Å². The molecule has 1 amide bonds. The van der Waals surface area contributed by atoms with Crippen LogP contribution in [-0.4, -0.2) is 69.2 Å². The first-order valence-electron chi connectivity index (χ1n) is 14.8. The Morgan fingerprint density at radius 3 is 2.41 bits per heavy atom. The second-order valence-corrected chi connectivity index (χ2v) is 10.2. The van der Waals surface area contributed by atoms with Crippen molar-refractivity contribution < 1.29 is 38.5 Å². The zero-order valence-corrected chi connectivity index (χ0v) is 24.6. The fourth-order valence-electron chi connectivity index (χ4n) is 5.30. The maximum Gasteiger partial charge on any atom is 0.295 e. The van der Waals surface area contributed by atoms with Crippen molar-refractivity contribution in [3.8, 4) is 23.0 Å². The molecule has 0 bridgehead atoms. The highest BCUT2D eigenvalue weighted by Crippen LogP contribution is 2.42. The van der Waals surface area contributed by atoms with Gasteiger partial charge in [0.25, 0.3) is 5.91 Å². The topological polar surface area (TPSA) is 102 Å². The summed E-state index contributed by atoms with van der Waals surface area (Å²) < 4.78 is 23.1. The van der Waals surface area contributed by atoms with Crippen molar-refractivity contribution in [2.24, 2.45) is 0 Å². The number of nitrogens with zero attached hydrogens (tertiary/aromatic N) is 1. The van der Waals surface area contributed by atoms with Gasteiger partial charge in [0.05, 0.1) is 38.9 Å². The predicted octanol–water partition coefficient (Wildman–Crippen LogP) is 2.57. The Morgan fingerprint density at radius 2 is 1.71 bits per heavy atom. The number of carbonyl (C=O) groups is 2. The van der Waals surface area contributed by atoms with Gasteiger partial charge in [0, 0.05) is 18.5 Å². The van der Waals surface area contributed by atoms with Gasteiger partial charge in [-0.3, -0.25) is 9.59 Å². The van der Waals surface area contributed by atoms with E-state index in [2.05, 4.69) is 20.8 Å². The number of quaternary nitrogens is 1. The van der Waals surface area contributed by atoms with E-state index < -0.39 is 23.5 Å². The van der Waals surface area contributed by atoms with E-state index in [0.717, 1.165) is 32.5 Å². The molecule has 0 spiro atoms. The fraction of sp³-hybridized carbons (Fsp3) is 0.500. The molecule has 2 aromatic rings. The number of fused-ring (bicyclic) bond motifs is 1. The number of rotatable bonds is 14. The average Bonchev–Trinajstić information content (AvgIpc) is 3.24. The van der Waals surface area contributed by atoms with E-state index in [1.54, 1.807) is 35.2 Å². The molecule has 0 aromatic heterocycles. The summed E-state index contributed by atoms with van der Waals surface area (Å²) in [7, 11) is 0. The van der Waals surface area contributed by atoms with Gasteiger partial charge in [0.1, 0.15) is 13.2 Å². The third kappa shape index (κ3) is 6.78. The summed E-state index contributed by atoms with van der Waals surface area (Å²) in [6.07, 6.45) is 2.61. The summed E-state index contributed by atoms with van der Waals surface area (Å²) >= 11 is 0. The molecule has 2 aliphatic rings. The summed E-state index contributed by atoms with van der Waals surface area (Å²) in [6.45, 7) is 13.2. The zero-order chi connectivity index (χ0) is 29.4. The number of hydrogen-bond donors (Lipinski definition) is 1. The van der Waals surface area contributed by atoms with E-state index >= 15 is 0 Å². The Kier molecular flexibility index (Phi) is 10.5. The van der Waals surface area contributed by atoms with Crippen molar-refractivity contribution in [1.29, 1.82) is 0 Å². The molecule has 1 atom stereocenters. The molecule has 1 saturated heterocycles. The Bertz CT molecular complexity index is 1250. The lowest BCUT2D eigenvalue weighted by Gasteiger charge is -2.29. The lowest BCUT2D eigenvalue weighted by molar-refractivity contribution is -0.896. The minimum absolute atomic E-state index is 0.0658. The Balaban J connectivity index is 1.76. The lowest BCUT2D eigenvalue weighted by atomic mass is 9.94. The molecular formula is C32H42N2O7. The van der Waals surface area contributed by atoms with E-state index in [9.17, 15) is 14.7 Å². The van der Waals surface area contributed by atoms with Gasteiger partial charge < -0.3 is 33.9 Å². The molecule has 2 aliphatic heterocycles. The van der Waals surface area contributed by atoms with Gasteiger partial charge in [-0.1, -0.05) is 31.2 Å². The molecule has 0 radical (unpaired) electrons. The van der Waals surface area contributed by atoms with E-state index in [1.807, 2.05) is 13.0 Å². The Morgan fingerprint density at radius 1 is 0.951 bits per heavy atom. The zero-order valence-electron chi connectivity index (χ0n) is 24.6. The van der Waals surface area contributed by atoms with Crippen LogP contribution in [0.3, 0.4) is 0 Å². The van der Waals surface area contributed by atoms with E-state index in [0.29, 0.717) is 68.0 Å². The van der Waals surface area contributed by atoms with Crippen LogP contribution in [0.25, 0.3) is 5.76 Å². The maximum atomic E-state index is 14.0. The highest BCUT2D eigenvalue weighted by molar-refractivity contribution is 6.46. The van der Waals surface area contributed by atoms with E-state index in [-0.39, 0.29) is 11.1 Å². The third-order valence-corrected chi connectivity index (χ3v) is 7.60. The number of Topliss-reactive ketones (excluding diaryl/α,β-unsaturated/α-hetero) is 1. The molecule has 4 rings (SSSR count). The molecule has 1 N–H and O–H groups in total. The third-order valence-electron chi connectivity index (χ3n) is 7.60. The predicted molar refractivity (Wildman–Crippen MR) is 153 cm³/mol. The monoisotopic (exact) mass is 566 g/mol. The smallest absolute Gasteiger partial charge is 0.295 e. The van der Waals surface area contributed by atoms with E-state index in [1.165, 1.54) is 4.90 Å². The number of ketones is 1. The molecule has 222 valence electrons. The highest BCUT2D eigenvalue weighted by atomic mass is 16.6. The molecule has 1 unspecified atom stereocenters. The van der Waals surface area contributed by atoms with Crippen LogP contribution < -0.4 is 29.0 Å². The number of amides is 1. The molecular weight excluding hydrogens is 524 g/mol. The highest BCUT2D eigenvalue weighted by Gasteiger charge is 2.44. The van der Waals surface area contributed by atoms with Gasteiger partial charge in [-0.05, 0) is 62.6 Å². The normalized spacial score (nSPS) is 17.8. The minimum Gasteiger partial charge on any atom is -0.872 e. The summed E-state index contributed by atoms with van der Waals surface area (Å²) in [5.41, 5.74) is 0.838. The number of likely N-dealkylation sites (tertiary alicyclic amines) is 1. The molecule has 41 heavy (non-hydrogen) atoms. The first-order valence-corrected chi connectivity index (χ1v) is 14.8. The Labute approximate surface area is 242 Å². The van der Waals surface area contributed by atoms with Crippen molar-refractivity contribution in [3.63, 3.8) is 0 Å². The summed E-state index contributed by atoms with van der Waals surface area (Å²) in [5.74, 6) is 0.176. The van der Waals surface area contributed by atoms with Gasteiger partial charge >= 0.3 is 0 Å². The van der Waals surface area contributed by atoms with Crippen molar-refractivity contribution in [1.82, 2.24) is 4.90 Å². The van der Waals surface area contributed by atoms with Crippen LogP contribution in [0.1, 0.15) is 64.1 Å². The van der Waals surface area contributed by atoms with Gasteiger partial charge in [-0.2, -0.15) is 0 Å². The molecule has 0 aliphatic carbocycles. The quantitative estimate of drug-likeness (QED) is 0.162. The maximum absolute atomic E-state index is 14.0. The van der Waals surface area contributed by atoms with Crippen LogP contribution in [0, 0.1) is 0 Å². The molecule has 2 aromatic carbocycles. The Hall–Kier alpha value is -3.72. The largest absolute Gasteiger partial charge is 0.872 e. The van der Waals surface area contributed by atoms with Crippen molar-refractivity contribution in [2.45, 2.75) is 53.0 Å². The molecule has 2 heterocycles. The van der Waals surface area contributed by atoms with Crippen LogP contribution in [-0.2, 0) is 9.59 Å². The van der Waals surface area contributed by atoms with Crippen LogP contribution >= 0.6 is 0 Å². The SMILES string of the molecule is CCCCOc1ccc(C2/C(=C(\[O-])c3ccc4c(c3)OCCO4)C(=O)C(=O)N2CCC[NH+](CC)CC)cc1OCC. The number of unbranched alkanes of at least 4 members (excludes halogenated alkanes) is 1. The van der Waals surface area contributed by atoms with Crippen molar-refractivity contribution in [3.05, 3.63) is 53.1 Å². The first-order chi connectivity index (χ1) is 19.9. The summed E-state index contributed by atoms with van der Waals surface area (Å²) in [6, 6.07) is 9.43. The second kappa shape index (κ2) is 14.3. The molecule has 9 heteroatoms. The number of carbonyl (C=O) groups excluding carboxylic acids is 2. The minimum atomic E-state index is -0.841. The fourth-order valence-corrected chi connectivity index (χ4v) is 5.30. The van der Waals surface area contributed by atoms with Crippen LogP contribution in [0.5, 0.6) is 23.0 Å². The standard InChI is InChI=1S/C32H42N2O7/c1-5-9-17-39-24-13-11-22(20-26(24)38-8-4)29-28(30(35)23-12-14-25-27(21-23)41-19-18-40-25)31(36)32(37)34(29)16-10-15-33(6-2)7-3/h11-14,20-21,29,35H,5-10,15-19H2,1-4H3/b30-28+. The van der Waals surface area contributed by atoms with Crippen LogP contribution in [0.2, 0.25) is 0 Å². The lowest BCUT2D eigenvalue weighted by Crippen LogP contribution is -3.11. The summed E-state index contributed by atoms with van der Waals surface area (Å²) in [5, 5.41) is 14.0. The van der Waals surface area contributed by atoms with E-state index in [4.69, 9.17) is 18.9 Å². The number of benzene rings is 2. The molecule has 0 saturated carbocycles. The van der Waals surface area contributed by atoms with Crippen molar-refractivity contribution in [2.75, 3.05) is 52.6 Å². The second-order valence-electron chi connectivity index (χ2n) is 10.2. The average molecular weight is 567 g/mol. The molecule has 9 nitrogen and oxygen atoms in total. The first kappa shape index (κ1) is 30.2. The number of nitrogens with one attached hydrogen (secondary N) is 1. The van der Waals surface area contributed by atoms with Gasteiger partial charge in [-0.25, -0.2) is 0 Å². The molecule has 1 fully saturated rings. The van der Waals surface area contributed by atoms with Crippen LogP contribution in [0.15, 0.2) is 42.0 Å². The number of ether oxygens (including phenoxy) is 4. The summed E-state index contributed by atoms with van der Waals surface area (Å²) in [4.78, 5) is 29.9.